The van der Waals surface area contributed by atoms with Crippen LogP contribution in [0.15, 0.2) is 65.6 Å². The van der Waals surface area contributed by atoms with Crippen molar-refractivity contribution >= 4 is 15.7 Å². The number of likely N-dealkylation sites (N-methyl/N-ethyl adjacent to an activating group) is 1. The molecule has 170 valence electrons. The summed E-state index contributed by atoms with van der Waals surface area (Å²) in [4.78, 5) is 2.28. The first-order valence-corrected chi connectivity index (χ1v) is 12.3. The third-order valence-corrected chi connectivity index (χ3v) is 7.64. The largest absolute Gasteiger partial charge is 0.496 e. The molecule has 0 heterocycles. The Kier molecular flexibility index (Phi) is 6.41. The zero-order valence-electron chi connectivity index (χ0n) is 19.0. The average molecular weight is 462 g/mol. The van der Waals surface area contributed by atoms with Crippen LogP contribution in [-0.2, 0) is 22.9 Å². The van der Waals surface area contributed by atoms with E-state index in [-0.39, 0.29) is 4.90 Å². The average Bonchev–Trinajstić information content (AvgIpc) is 2.83. The number of nitrogens with zero attached hydrogens (tertiary/aromatic N) is 2. The highest BCUT2D eigenvalue weighted by Gasteiger charge is 2.28. The number of nitrogens with one attached hydrogen (secondary N) is 1. The van der Waals surface area contributed by atoms with Gasteiger partial charge in [0, 0.05) is 17.2 Å². The number of rotatable bonds is 6. The molecule has 0 bridgehead atoms. The van der Waals surface area contributed by atoms with Gasteiger partial charge in [0.2, 0.25) is 0 Å². The van der Waals surface area contributed by atoms with Crippen molar-refractivity contribution in [3.8, 4) is 22.9 Å². The highest BCUT2D eigenvalue weighted by atomic mass is 32.2. The van der Waals surface area contributed by atoms with Crippen molar-refractivity contribution in [2.24, 2.45) is 0 Å². The van der Waals surface area contributed by atoms with Crippen LogP contribution in [-0.4, -0.2) is 40.6 Å². The normalized spacial score (nSPS) is 15.5. The zero-order chi connectivity index (χ0) is 23.6. The van der Waals surface area contributed by atoms with E-state index in [1.165, 1.54) is 6.07 Å². The quantitative estimate of drug-likeness (QED) is 0.586. The summed E-state index contributed by atoms with van der Waals surface area (Å²) < 4.78 is 35.6. The molecule has 6 nitrogen and oxygen atoms in total. The summed E-state index contributed by atoms with van der Waals surface area (Å²) in [5, 5.41) is 9.38. The molecule has 1 atom stereocenters. The predicted octanol–water partition coefficient (Wildman–Crippen LogP) is 4.45. The molecule has 0 amide bonds. The van der Waals surface area contributed by atoms with Gasteiger partial charge in [-0.15, -0.1) is 0 Å². The van der Waals surface area contributed by atoms with Gasteiger partial charge in [0.05, 0.1) is 29.3 Å². The van der Waals surface area contributed by atoms with Gasteiger partial charge in [-0.25, -0.2) is 8.42 Å². The molecule has 0 saturated carbocycles. The summed E-state index contributed by atoms with van der Waals surface area (Å²) in [7, 11) is 1.79. The number of methoxy groups -OCH3 is 1. The summed E-state index contributed by atoms with van der Waals surface area (Å²) in [6.45, 7) is 0. The Morgan fingerprint density at radius 1 is 1.06 bits per heavy atom. The molecule has 4 rings (SSSR count). The maximum absolute atomic E-state index is 13.6. The SMILES string of the molecule is COc1ccc(NS(=O)(=O)c2cc(C#N)ccc2-c2ccccc2)c2c1C[C@@H](N(C)C)CC2. The summed E-state index contributed by atoms with van der Waals surface area (Å²) in [6.07, 6.45) is 2.47. The monoisotopic (exact) mass is 461 g/mol. The minimum atomic E-state index is -3.96. The van der Waals surface area contributed by atoms with Crippen LogP contribution in [0.4, 0.5) is 5.69 Å². The zero-order valence-corrected chi connectivity index (χ0v) is 19.8. The molecule has 0 fully saturated rings. The second kappa shape index (κ2) is 9.26. The van der Waals surface area contributed by atoms with Crippen LogP contribution in [0.5, 0.6) is 5.75 Å². The van der Waals surface area contributed by atoms with E-state index in [2.05, 4.69) is 23.7 Å². The molecule has 3 aromatic carbocycles. The topological polar surface area (TPSA) is 82.4 Å². The fraction of sp³-hybridized carbons (Fsp3) is 0.269. The standard InChI is InChI=1S/C26H27N3O3S/c1-29(2)20-10-12-22-23(16-20)25(32-3)14-13-24(22)28-33(30,31)26-15-18(17-27)9-11-21(26)19-7-5-4-6-8-19/h4-9,11,13-15,20,28H,10,12,16H2,1-3H3/t20-/m0/s1. The van der Waals surface area contributed by atoms with Crippen molar-refractivity contribution < 1.29 is 13.2 Å². The summed E-state index contributed by atoms with van der Waals surface area (Å²) in [5.74, 6) is 0.774. The molecule has 0 saturated heterocycles. The minimum Gasteiger partial charge on any atom is -0.496 e. The maximum atomic E-state index is 13.6. The molecule has 1 aliphatic rings. The number of hydrogen-bond acceptors (Lipinski definition) is 5. The van der Waals surface area contributed by atoms with E-state index in [4.69, 9.17) is 4.74 Å². The Hall–Kier alpha value is -3.34. The van der Waals surface area contributed by atoms with Gasteiger partial charge in [0.1, 0.15) is 5.75 Å². The summed E-state index contributed by atoms with van der Waals surface area (Å²) in [5.41, 5.74) is 4.18. The Balaban J connectivity index is 1.78. The van der Waals surface area contributed by atoms with Crippen LogP contribution in [0.2, 0.25) is 0 Å². The highest BCUT2D eigenvalue weighted by Crippen LogP contribution is 2.37. The first-order valence-electron chi connectivity index (χ1n) is 10.8. The number of hydrogen-bond donors (Lipinski definition) is 1. The predicted molar refractivity (Wildman–Crippen MR) is 130 cm³/mol. The maximum Gasteiger partial charge on any atom is 0.262 e. The highest BCUT2D eigenvalue weighted by molar-refractivity contribution is 7.92. The third-order valence-electron chi connectivity index (χ3n) is 6.24. The lowest BCUT2D eigenvalue weighted by molar-refractivity contribution is 0.265. The molecule has 0 spiro atoms. The molecule has 33 heavy (non-hydrogen) atoms. The van der Waals surface area contributed by atoms with E-state index in [9.17, 15) is 13.7 Å². The smallest absolute Gasteiger partial charge is 0.262 e. The van der Waals surface area contributed by atoms with Gasteiger partial charge >= 0.3 is 0 Å². The van der Waals surface area contributed by atoms with Crippen molar-refractivity contribution in [3.63, 3.8) is 0 Å². The van der Waals surface area contributed by atoms with Crippen LogP contribution < -0.4 is 9.46 Å². The van der Waals surface area contributed by atoms with E-state index in [1.807, 2.05) is 42.5 Å². The first kappa shape index (κ1) is 22.8. The summed E-state index contributed by atoms with van der Waals surface area (Å²) >= 11 is 0. The van der Waals surface area contributed by atoms with Gasteiger partial charge < -0.3 is 9.64 Å². The van der Waals surface area contributed by atoms with Crippen LogP contribution in [0.1, 0.15) is 23.1 Å². The van der Waals surface area contributed by atoms with Crippen molar-refractivity contribution in [1.29, 1.82) is 5.26 Å². The van der Waals surface area contributed by atoms with Crippen molar-refractivity contribution in [1.82, 2.24) is 4.90 Å². The van der Waals surface area contributed by atoms with Crippen molar-refractivity contribution in [2.45, 2.75) is 30.2 Å². The number of ether oxygens (including phenoxy) is 1. The van der Waals surface area contributed by atoms with E-state index in [0.717, 1.165) is 41.7 Å². The van der Waals surface area contributed by atoms with E-state index < -0.39 is 10.0 Å². The van der Waals surface area contributed by atoms with Gasteiger partial charge in [0.15, 0.2) is 0 Å². The van der Waals surface area contributed by atoms with E-state index >= 15 is 0 Å². The van der Waals surface area contributed by atoms with Crippen LogP contribution >= 0.6 is 0 Å². The molecular weight excluding hydrogens is 434 g/mol. The number of nitriles is 1. The van der Waals surface area contributed by atoms with Crippen molar-refractivity contribution in [3.05, 3.63) is 77.4 Å². The third kappa shape index (κ3) is 4.58. The molecule has 0 aliphatic heterocycles. The fourth-order valence-corrected chi connectivity index (χ4v) is 5.78. The Morgan fingerprint density at radius 2 is 1.82 bits per heavy atom. The van der Waals surface area contributed by atoms with Gasteiger partial charge in [-0.3, -0.25) is 4.72 Å². The minimum absolute atomic E-state index is 0.0827. The Labute approximate surface area is 195 Å². The second-order valence-corrected chi connectivity index (χ2v) is 10.1. The van der Waals surface area contributed by atoms with Gasteiger partial charge in [-0.1, -0.05) is 36.4 Å². The molecule has 7 heteroatoms. The van der Waals surface area contributed by atoms with Gasteiger partial charge in [0.25, 0.3) is 10.0 Å². The fourth-order valence-electron chi connectivity index (χ4n) is 4.43. The van der Waals surface area contributed by atoms with Crippen molar-refractivity contribution in [2.75, 3.05) is 25.9 Å². The van der Waals surface area contributed by atoms with Crippen LogP contribution in [0.3, 0.4) is 0 Å². The molecule has 0 aromatic heterocycles. The Morgan fingerprint density at radius 3 is 2.48 bits per heavy atom. The summed E-state index contributed by atoms with van der Waals surface area (Å²) in [6, 6.07) is 20.1. The lowest BCUT2D eigenvalue weighted by atomic mass is 9.86. The number of sulfonamides is 1. The van der Waals surface area contributed by atoms with E-state index in [0.29, 0.717) is 22.9 Å². The first-order chi connectivity index (χ1) is 15.8. The lowest BCUT2D eigenvalue weighted by Gasteiger charge is -2.32. The molecular formula is C26H27N3O3S. The number of benzene rings is 3. The second-order valence-electron chi connectivity index (χ2n) is 8.43. The molecule has 0 radical (unpaired) electrons. The van der Waals surface area contributed by atoms with E-state index in [1.54, 1.807) is 25.3 Å². The molecule has 3 aromatic rings. The van der Waals surface area contributed by atoms with Crippen LogP contribution in [0.25, 0.3) is 11.1 Å². The molecule has 1 N–H and O–H groups in total. The Bertz CT molecular complexity index is 1310. The van der Waals surface area contributed by atoms with Crippen LogP contribution in [0, 0.1) is 11.3 Å². The van der Waals surface area contributed by atoms with Gasteiger partial charge in [-0.05, 0) is 68.8 Å². The molecule has 1 aliphatic carbocycles. The number of fused-ring (bicyclic) bond motifs is 1. The molecule has 0 unspecified atom stereocenters. The lowest BCUT2D eigenvalue weighted by Crippen LogP contribution is -2.34. The van der Waals surface area contributed by atoms with Gasteiger partial charge in [-0.2, -0.15) is 5.26 Å². The number of anilines is 1.